The molecule has 3 heteroatoms. The van der Waals surface area contributed by atoms with Crippen LogP contribution in [0.25, 0.3) is 0 Å². The molecule has 0 radical (unpaired) electrons. The Morgan fingerprint density at radius 1 is 1.27 bits per heavy atom. The maximum Gasteiger partial charge on any atom is 0.0318 e. The maximum absolute atomic E-state index is 11.7. The summed E-state index contributed by atoms with van der Waals surface area (Å²) < 4.78 is 11.7. The van der Waals surface area contributed by atoms with Crippen molar-refractivity contribution in [1.82, 2.24) is 0 Å². The van der Waals surface area contributed by atoms with Crippen LogP contribution in [-0.4, -0.2) is 21.8 Å². The maximum atomic E-state index is 11.7. The average molecular weight is 225 g/mol. The highest BCUT2D eigenvalue weighted by Crippen LogP contribution is 2.16. The van der Waals surface area contributed by atoms with E-state index in [-0.39, 0.29) is 11.2 Å². The van der Waals surface area contributed by atoms with E-state index in [1.807, 2.05) is 32.0 Å². The molecule has 2 N–H and O–H groups in total. The second-order valence-corrected chi connectivity index (χ2v) is 5.98. The van der Waals surface area contributed by atoms with E-state index in [0.29, 0.717) is 12.3 Å². The first-order chi connectivity index (χ1) is 7.15. The molecule has 0 fully saturated rings. The molecular formula is C12H19NOS. The van der Waals surface area contributed by atoms with Crippen LogP contribution in [0.3, 0.4) is 0 Å². The molecule has 0 saturated carbocycles. The second-order valence-electron chi connectivity index (χ2n) is 3.94. The minimum Gasteiger partial charge on any atom is -0.330 e. The molecule has 0 aliphatic carbocycles. The summed E-state index contributed by atoms with van der Waals surface area (Å²) in [6, 6.07) is 10.1. The Morgan fingerprint density at radius 2 is 1.87 bits per heavy atom. The molecule has 0 bridgehead atoms. The fourth-order valence-corrected chi connectivity index (χ4v) is 2.53. The minimum atomic E-state index is -0.782. The molecule has 15 heavy (non-hydrogen) atoms. The van der Waals surface area contributed by atoms with Gasteiger partial charge < -0.3 is 5.73 Å². The van der Waals surface area contributed by atoms with Gasteiger partial charge in [0.1, 0.15) is 0 Å². The average Bonchev–Trinajstić information content (AvgIpc) is 2.26. The lowest BCUT2D eigenvalue weighted by Gasteiger charge is -2.16. The predicted octanol–water partition coefficient (Wildman–Crippen LogP) is 1.89. The lowest BCUT2D eigenvalue weighted by Crippen LogP contribution is -2.22. The van der Waals surface area contributed by atoms with Gasteiger partial charge in [-0.3, -0.25) is 4.21 Å². The Bertz CT molecular complexity index is 311. The Kier molecular flexibility index (Phi) is 4.99. The van der Waals surface area contributed by atoms with Gasteiger partial charge >= 0.3 is 0 Å². The number of rotatable bonds is 5. The van der Waals surface area contributed by atoms with Gasteiger partial charge in [-0.2, -0.15) is 0 Å². The first-order valence-corrected chi connectivity index (χ1v) is 6.65. The summed E-state index contributed by atoms with van der Waals surface area (Å²) in [6.45, 7) is 4.52. The molecule has 0 heterocycles. The van der Waals surface area contributed by atoms with E-state index in [2.05, 4.69) is 12.1 Å². The van der Waals surface area contributed by atoms with E-state index in [1.54, 1.807) is 0 Å². The molecule has 2 nitrogen and oxygen atoms in total. The van der Waals surface area contributed by atoms with Gasteiger partial charge in [0.15, 0.2) is 0 Å². The van der Waals surface area contributed by atoms with Crippen molar-refractivity contribution in [3.63, 3.8) is 0 Å². The summed E-state index contributed by atoms with van der Waals surface area (Å²) in [5, 5.41) is 0.211. The van der Waals surface area contributed by atoms with Gasteiger partial charge in [0.2, 0.25) is 0 Å². The van der Waals surface area contributed by atoms with Crippen molar-refractivity contribution >= 4 is 10.8 Å². The fraction of sp³-hybridized carbons (Fsp3) is 0.500. The number of nitrogens with two attached hydrogens (primary N) is 1. The summed E-state index contributed by atoms with van der Waals surface area (Å²) in [4.78, 5) is 0. The van der Waals surface area contributed by atoms with Crippen LogP contribution in [-0.2, 0) is 10.8 Å². The van der Waals surface area contributed by atoms with Crippen molar-refractivity contribution in [3.05, 3.63) is 35.9 Å². The summed E-state index contributed by atoms with van der Waals surface area (Å²) >= 11 is 0. The molecular weight excluding hydrogens is 206 g/mol. The van der Waals surface area contributed by atoms with Gasteiger partial charge in [0, 0.05) is 34.3 Å². The largest absolute Gasteiger partial charge is 0.330 e. The standard InChI is InChI=1S/C12H19NOS/c1-10(2)15(14)9-12(8-13)11-6-4-3-5-7-11/h3-7,10,12H,8-9,13H2,1-2H3. The molecule has 0 saturated heterocycles. The smallest absolute Gasteiger partial charge is 0.0318 e. The van der Waals surface area contributed by atoms with Crippen molar-refractivity contribution in [2.75, 3.05) is 12.3 Å². The van der Waals surface area contributed by atoms with Crippen LogP contribution in [0.4, 0.5) is 0 Å². The van der Waals surface area contributed by atoms with Gasteiger partial charge in [0.25, 0.3) is 0 Å². The molecule has 2 unspecified atom stereocenters. The van der Waals surface area contributed by atoms with Crippen LogP contribution in [0.1, 0.15) is 25.3 Å². The van der Waals surface area contributed by atoms with E-state index in [9.17, 15) is 4.21 Å². The molecule has 1 aromatic carbocycles. The van der Waals surface area contributed by atoms with Crippen LogP contribution >= 0.6 is 0 Å². The number of hydrogen-bond acceptors (Lipinski definition) is 2. The zero-order valence-corrected chi connectivity index (χ0v) is 10.2. The van der Waals surface area contributed by atoms with Crippen LogP contribution in [0, 0.1) is 0 Å². The first kappa shape index (κ1) is 12.4. The van der Waals surface area contributed by atoms with E-state index in [4.69, 9.17) is 5.73 Å². The lowest BCUT2D eigenvalue weighted by molar-refractivity contribution is 0.666. The van der Waals surface area contributed by atoms with Gasteiger partial charge in [-0.1, -0.05) is 44.2 Å². The van der Waals surface area contributed by atoms with Crippen LogP contribution in [0.5, 0.6) is 0 Å². The van der Waals surface area contributed by atoms with Crippen molar-refractivity contribution < 1.29 is 4.21 Å². The van der Waals surface area contributed by atoms with Crippen molar-refractivity contribution in [3.8, 4) is 0 Å². The van der Waals surface area contributed by atoms with E-state index < -0.39 is 10.8 Å². The number of hydrogen-bond donors (Lipinski definition) is 1. The Hall–Kier alpha value is -0.670. The second kappa shape index (κ2) is 6.03. The SMILES string of the molecule is CC(C)S(=O)CC(CN)c1ccccc1. The molecule has 1 aromatic rings. The van der Waals surface area contributed by atoms with E-state index in [1.165, 1.54) is 5.56 Å². The quantitative estimate of drug-likeness (QED) is 0.831. The molecule has 84 valence electrons. The van der Waals surface area contributed by atoms with Crippen LogP contribution < -0.4 is 5.73 Å². The van der Waals surface area contributed by atoms with Crippen LogP contribution in [0.2, 0.25) is 0 Å². The summed E-state index contributed by atoms with van der Waals surface area (Å²) in [5.41, 5.74) is 6.91. The topological polar surface area (TPSA) is 43.1 Å². The zero-order valence-electron chi connectivity index (χ0n) is 9.35. The van der Waals surface area contributed by atoms with Crippen LogP contribution in [0.15, 0.2) is 30.3 Å². The fourth-order valence-electron chi connectivity index (χ4n) is 1.42. The third-order valence-electron chi connectivity index (χ3n) is 2.45. The highest BCUT2D eigenvalue weighted by atomic mass is 32.2. The molecule has 0 aliphatic heterocycles. The van der Waals surface area contributed by atoms with Gasteiger partial charge in [-0.05, 0) is 5.56 Å². The molecule has 0 amide bonds. The van der Waals surface area contributed by atoms with Crippen molar-refractivity contribution in [2.45, 2.75) is 25.0 Å². The molecule has 2 atom stereocenters. The Balaban J connectivity index is 2.69. The summed E-state index contributed by atoms with van der Waals surface area (Å²) in [7, 11) is -0.782. The summed E-state index contributed by atoms with van der Waals surface area (Å²) in [5.74, 6) is 0.882. The first-order valence-electron chi connectivity index (χ1n) is 5.27. The number of benzene rings is 1. The summed E-state index contributed by atoms with van der Waals surface area (Å²) in [6.07, 6.45) is 0. The van der Waals surface area contributed by atoms with Crippen molar-refractivity contribution in [1.29, 1.82) is 0 Å². The Morgan fingerprint density at radius 3 is 2.33 bits per heavy atom. The van der Waals surface area contributed by atoms with Gasteiger partial charge in [-0.15, -0.1) is 0 Å². The van der Waals surface area contributed by atoms with E-state index in [0.717, 1.165) is 0 Å². The normalized spacial score (nSPS) is 15.2. The zero-order chi connectivity index (χ0) is 11.3. The predicted molar refractivity (Wildman–Crippen MR) is 66.4 cm³/mol. The van der Waals surface area contributed by atoms with Crippen molar-refractivity contribution in [2.24, 2.45) is 5.73 Å². The third-order valence-corrected chi connectivity index (χ3v) is 4.23. The third kappa shape index (κ3) is 3.76. The lowest BCUT2D eigenvalue weighted by atomic mass is 10.0. The molecule has 0 aromatic heterocycles. The highest BCUT2D eigenvalue weighted by Gasteiger charge is 2.15. The molecule has 0 aliphatic rings. The highest BCUT2D eigenvalue weighted by molar-refractivity contribution is 7.85. The van der Waals surface area contributed by atoms with Gasteiger partial charge in [0.05, 0.1) is 0 Å². The monoisotopic (exact) mass is 225 g/mol. The van der Waals surface area contributed by atoms with E-state index >= 15 is 0 Å². The Labute approximate surface area is 94.3 Å². The van der Waals surface area contributed by atoms with Gasteiger partial charge in [-0.25, -0.2) is 0 Å². The molecule has 0 spiro atoms. The molecule has 1 rings (SSSR count). The minimum absolute atomic E-state index is 0.211.